The number of hydrazine groups is 1. The van der Waals surface area contributed by atoms with E-state index >= 15 is 0 Å². The molecule has 1 aromatic carbocycles. The molecule has 0 atom stereocenters. The normalized spacial score (nSPS) is 13.9. The van der Waals surface area contributed by atoms with E-state index in [2.05, 4.69) is 22.8 Å². The number of likely N-dealkylation sites (N-methyl/N-ethyl adjacent to an activating group) is 1. The first-order valence-corrected chi connectivity index (χ1v) is 7.67. The summed E-state index contributed by atoms with van der Waals surface area (Å²) >= 11 is 1.52. The van der Waals surface area contributed by atoms with Crippen LogP contribution in [-0.4, -0.2) is 24.4 Å². The molecule has 0 unspecified atom stereocenters. The maximum absolute atomic E-state index is 12.4. The zero-order chi connectivity index (χ0) is 14.8. The summed E-state index contributed by atoms with van der Waals surface area (Å²) < 4.78 is 0. The number of nitrogens with two attached hydrogens (primary N) is 1. The van der Waals surface area contributed by atoms with E-state index in [4.69, 9.17) is 5.73 Å². The summed E-state index contributed by atoms with van der Waals surface area (Å²) in [6.07, 6.45) is 0.869. The van der Waals surface area contributed by atoms with Gasteiger partial charge in [0.2, 0.25) is 0 Å². The Bertz CT molecular complexity index is 659. The highest BCUT2D eigenvalue weighted by atomic mass is 35.5. The third-order valence-electron chi connectivity index (χ3n) is 3.60. The maximum Gasteiger partial charge on any atom is 0.272 e. The summed E-state index contributed by atoms with van der Waals surface area (Å²) in [6, 6.07) is 9.52. The Kier molecular flexibility index (Phi) is 5.28. The number of nitrogens with zero attached hydrogens (tertiary/aromatic N) is 1. The molecule has 22 heavy (non-hydrogen) atoms. The van der Waals surface area contributed by atoms with Crippen LogP contribution in [0.25, 0.3) is 0 Å². The zero-order valence-electron chi connectivity index (χ0n) is 12.3. The Morgan fingerprint density at radius 2 is 2.05 bits per heavy atom. The quantitative estimate of drug-likeness (QED) is 0.752. The lowest BCUT2D eigenvalue weighted by molar-refractivity contribution is 0.0962. The second kappa shape index (κ2) is 7.00. The Labute approximate surface area is 139 Å². The van der Waals surface area contributed by atoms with Gasteiger partial charge in [-0.3, -0.25) is 15.6 Å². The maximum atomic E-state index is 12.4. The molecule has 1 amide bonds. The van der Waals surface area contributed by atoms with Crippen molar-refractivity contribution < 1.29 is 4.79 Å². The number of amides is 1. The molecule has 2 heterocycles. The molecule has 1 aromatic heterocycles. The first-order chi connectivity index (χ1) is 10.1. The number of hydrogen-bond acceptors (Lipinski definition) is 5. The van der Waals surface area contributed by atoms with Crippen LogP contribution < -0.4 is 16.6 Å². The molecular formula is C15H19ClN4OS. The van der Waals surface area contributed by atoms with Gasteiger partial charge in [0.15, 0.2) is 0 Å². The van der Waals surface area contributed by atoms with Gasteiger partial charge in [-0.05, 0) is 31.2 Å². The van der Waals surface area contributed by atoms with E-state index < -0.39 is 0 Å². The summed E-state index contributed by atoms with van der Waals surface area (Å²) in [5.74, 6) is -0.168. The van der Waals surface area contributed by atoms with Crippen molar-refractivity contribution in [2.75, 3.05) is 24.8 Å². The summed E-state index contributed by atoms with van der Waals surface area (Å²) in [6.45, 7) is 1.82. The predicted molar refractivity (Wildman–Crippen MR) is 93.5 cm³/mol. The van der Waals surface area contributed by atoms with Crippen LogP contribution in [0.1, 0.15) is 20.8 Å². The van der Waals surface area contributed by atoms with Gasteiger partial charge in [0.25, 0.3) is 5.91 Å². The van der Waals surface area contributed by atoms with E-state index in [1.54, 1.807) is 0 Å². The lowest BCUT2D eigenvalue weighted by Crippen LogP contribution is -2.32. The lowest BCUT2D eigenvalue weighted by Gasteiger charge is -2.22. The van der Waals surface area contributed by atoms with Crippen molar-refractivity contribution in [3.05, 3.63) is 46.3 Å². The Morgan fingerprint density at radius 3 is 2.77 bits per heavy atom. The van der Waals surface area contributed by atoms with Crippen molar-refractivity contribution in [3.63, 3.8) is 0 Å². The van der Waals surface area contributed by atoms with Crippen LogP contribution in [0.4, 0.5) is 10.7 Å². The predicted octanol–water partition coefficient (Wildman–Crippen LogP) is 2.50. The average molecular weight is 339 g/mol. The fraction of sp³-hybridized carbons (Fsp3) is 0.267. The van der Waals surface area contributed by atoms with Crippen LogP contribution in [0.15, 0.2) is 30.3 Å². The Balaban J connectivity index is 0.00000176. The SMILES string of the molecule is CN1CCc2c(sc(N)c2C(=O)NNc2ccccc2)C1.Cl. The van der Waals surface area contributed by atoms with Gasteiger partial charge < -0.3 is 10.6 Å². The zero-order valence-corrected chi connectivity index (χ0v) is 13.9. The highest BCUT2D eigenvalue weighted by Gasteiger charge is 2.25. The van der Waals surface area contributed by atoms with Gasteiger partial charge in [-0.25, -0.2) is 0 Å². The van der Waals surface area contributed by atoms with Crippen LogP contribution in [-0.2, 0) is 13.0 Å². The molecule has 0 saturated heterocycles. The largest absolute Gasteiger partial charge is 0.390 e. The molecule has 0 spiro atoms. The number of carbonyl (C=O) groups is 1. The fourth-order valence-electron chi connectivity index (χ4n) is 2.51. The van der Waals surface area contributed by atoms with Crippen LogP contribution >= 0.6 is 23.7 Å². The van der Waals surface area contributed by atoms with E-state index in [9.17, 15) is 4.79 Å². The first kappa shape index (κ1) is 16.6. The highest BCUT2D eigenvalue weighted by molar-refractivity contribution is 7.16. The van der Waals surface area contributed by atoms with Crippen LogP contribution in [0.2, 0.25) is 0 Å². The third kappa shape index (κ3) is 3.35. The fourth-order valence-corrected chi connectivity index (χ4v) is 3.71. The number of rotatable bonds is 3. The number of benzene rings is 1. The minimum atomic E-state index is -0.168. The molecule has 1 aliphatic rings. The molecule has 0 radical (unpaired) electrons. The third-order valence-corrected chi connectivity index (χ3v) is 4.64. The molecule has 0 bridgehead atoms. The molecule has 4 N–H and O–H groups in total. The van der Waals surface area contributed by atoms with Gasteiger partial charge in [0, 0.05) is 18.0 Å². The van der Waals surface area contributed by atoms with Crippen LogP contribution in [0, 0.1) is 0 Å². The summed E-state index contributed by atoms with van der Waals surface area (Å²) in [5, 5.41) is 0.600. The van der Waals surface area contributed by atoms with Crippen LogP contribution in [0.5, 0.6) is 0 Å². The molecule has 2 aromatic rings. The minimum absolute atomic E-state index is 0. The van der Waals surface area contributed by atoms with Crippen molar-refractivity contribution in [1.29, 1.82) is 0 Å². The number of thiophene rings is 1. The molecule has 3 rings (SSSR count). The number of nitrogen functional groups attached to an aromatic ring is 1. The highest BCUT2D eigenvalue weighted by Crippen LogP contribution is 2.34. The van der Waals surface area contributed by atoms with E-state index in [1.165, 1.54) is 16.2 Å². The monoisotopic (exact) mass is 338 g/mol. The van der Waals surface area contributed by atoms with Crippen molar-refractivity contribution in [2.24, 2.45) is 0 Å². The first-order valence-electron chi connectivity index (χ1n) is 6.85. The molecular weight excluding hydrogens is 320 g/mol. The van der Waals surface area contributed by atoms with Gasteiger partial charge in [-0.2, -0.15) is 0 Å². The number of nitrogens with one attached hydrogen (secondary N) is 2. The molecule has 118 valence electrons. The number of para-hydroxylation sites is 1. The van der Waals surface area contributed by atoms with E-state index in [0.29, 0.717) is 10.6 Å². The van der Waals surface area contributed by atoms with Crippen molar-refractivity contribution in [3.8, 4) is 0 Å². The molecule has 0 aliphatic carbocycles. The standard InChI is InChI=1S/C15H18N4OS.ClH/c1-19-8-7-11-12(9-19)21-14(16)13(11)15(20)18-17-10-5-3-2-4-6-10;/h2-6,17H,7-9,16H2,1H3,(H,18,20);1H. The summed E-state index contributed by atoms with van der Waals surface area (Å²) in [7, 11) is 2.08. The summed E-state index contributed by atoms with van der Waals surface area (Å²) in [4.78, 5) is 15.8. The van der Waals surface area contributed by atoms with E-state index in [-0.39, 0.29) is 18.3 Å². The topological polar surface area (TPSA) is 70.4 Å². The number of halogens is 1. The van der Waals surface area contributed by atoms with Gasteiger partial charge in [-0.15, -0.1) is 23.7 Å². The molecule has 1 aliphatic heterocycles. The Morgan fingerprint density at radius 1 is 1.32 bits per heavy atom. The molecule has 0 fully saturated rings. The van der Waals surface area contributed by atoms with Gasteiger partial charge in [0.05, 0.1) is 16.3 Å². The van der Waals surface area contributed by atoms with Gasteiger partial charge in [-0.1, -0.05) is 18.2 Å². The molecule has 5 nitrogen and oxygen atoms in total. The number of anilines is 2. The average Bonchev–Trinajstić information content (AvgIpc) is 2.81. The van der Waals surface area contributed by atoms with Gasteiger partial charge in [0.1, 0.15) is 0 Å². The van der Waals surface area contributed by atoms with Crippen molar-refractivity contribution in [2.45, 2.75) is 13.0 Å². The summed E-state index contributed by atoms with van der Waals surface area (Å²) in [5.41, 5.74) is 14.3. The Hall–Kier alpha value is -1.76. The number of fused-ring (bicyclic) bond motifs is 1. The number of carbonyl (C=O) groups excluding carboxylic acids is 1. The van der Waals surface area contributed by atoms with Crippen LogP contribution in [0.3, 0.4) is 0 Å². The smallest absolute Gasteiger partial charge is 0.272 e. The second-order valence-electron chi connectivity index (χ2n) is 5.18. The lowest BCUT2D eigenvalue weighted by atomic mass is 10.0. The van der Waals surface area contributed by atoms with Crippen molar-refractivity contribution >= 4 is 40.3 Å². The molecule has 0 saturated carbocycles. The van der Waals surface area contributed by atoms with E-state index in [1.807, 2.05) is 30.3 Å². The second-order valence-corrected chi connectivity index (χ2v) is 6.31. The van der Waals surface area contributed by atoms with E-state index in [0.717, 1.165) is 30.8 Å². The number of hydrogen-bond donors (Lipinski definition) is 3. The van der Waals surface area contributed by atoms with Crippen molar-refractivity contribution in [1.82, 2.24) is 10.3 Å². The van der Waals surface area contributed by atoms with Gasteiger partial charge >= 0.3 is 0 Å². The minimum Gasteiger partial charge on any atom is -0.390 e. The molecule has 7 heteroatoms.